The number of carbonyl (C=O) groups is 3. The van der Waals surface area contributed by atoms with Crippen molar-refractivity contribution in [3.63, 3.8) is 0 Å². The van der Waals surface area contributed by atoms with E-state index in [2.05, 4.69) is 106 Å². The summed E-state index contributed by atoms with van der Waals surface area (Å²) in [5.41, 5.74) is 0. The zero-order valence-corrected chi connectivity index (χ0v) is 51.0. The molecular weight excluding hydrogens is 949 g/mol. The van der Waals surface area contributed by atoms with Crippen molar-refractivity contribution in [3.8, 4) is 0 Å². The maximum atomic E-state index is 12.9. The summed E-state index contributed by atoms with van der Waals surface area (Å²) in [6, 6.07) is 0. The van der Waals surface area contributed by atoms with Crippen molar-refractivity contribution in [3.05, 3.63) is 85.1 Å². The fourth-order valence-corrected chi connectivity index (χ4v) is 9.44. The summed E-state index contributed by atoms with van der Waals surface area (Å²) in [5.74, 6) is -0.891. The molecule has 444 valence electrons. The monoisotopic (exact) mass is 1070 g/mol. The highest BCUT2D eigenvalue weighted by atomic mass is 16.6. The average molecular weight is 1070 g/mol. The minimum atomic E-state index is -0.788. The predicted octanol–water partition coefficient (Wildman–Crippen LogP) is 22.7. The van der Waals surface area contributed by atoms with Crippen molar-refractivity contribution in [2.45, 2.75) is 335 Å². The van der Waals surface area contributed by atoms with Crippen LogP contribution < -0.4 is 0 Å². The normalized spacial score (nSPS) is 12.6. The largest absolute Gasteiger partial charge is 0.462 e. The van der Waals surface area contributed by atoms with E-state index < -0.39 is 6.10 Å². The van der Waals surface area contributed by atoms with Crippen molar-refractivity contribution in [1.82, 2.24) is 0 Å². The maximum Gasteiger partial charge on any atom is 0.306 e. The first-order valence-corrected chi connectivity index (χ1v) is 33.1. The van der Waals surface area contributed by atoms with Gasteiger partial charge in [0.25, 0.3) is 0 Å². The Hall–Kier alpha value is -3.41. The summed E-state index contributed by atoms with van der Waals surface area (Å²) in [7, 11) is 0. The van der Waals surface area contributed by atoms with E-state index in [1.165, 1.54) is 173 Å². The number of hydrogen-bond donors (Lipinski definition) is 0. The molecule has 0 N–H and O–H groups in total. The molecule has 0 saturated carbocycles. The Morgan fingerprint density at radius 1 is 0.273 bits per heavy atom. The van der Waals surface area contributed by atoms with E-state index in [1.54, 1.807) is 0 Å². The van der Waals surface area contributed by atoms with Gasteiger partial charge < -0.3 is 14.2 Å². The van der Waals surface area contributed by atoms with Gasteiger partial charge in [-0.3, -0.25) is 14.4 Å². The molecule has 0 radical (unpaired) electrons. The number of hydrogen-bond acceptors (Lipinski definition) is 6. The van der Waals surface area contributed by atoms with Gasteiger partial charge in [-0.2, -0.15) is 0 Å². The Balaban J connectivity index is 4.38. The van der Waals surface area contributed by atoms with E-state index in [4.69, 9.17) is 14.2 Å². The number of carbonyl (C=O) groups excluding carboxylic acids is 3. The molecule has 0 spiro atoms. The Bertz CT molecular complexity index is 1470. The molecule has 0 aromatic heterocycles. The lowest BCUT2D eigenvalue weighted by molar-refractivity contribution is -0.167. The summed E-state index contributed by atoms with van der Waals surface area (Å²) < 4.78 is 17.0. The number of unbranched alkanes of at least 4 members (excludes halogenated alkanes) is 35. The minimum absolute atomic E-state index is 0.0845. The first-order chi connectivity index (χ1) is 38.0. The molecule has 6 heteroatoms. The van der Waals surface area contributed by atoms with E-state index in [1.807, 2.05) is 0 Å². The second-order valence-corrected chi connectivity index (χ2v) is 22.0. The molecule has 0 aliphatic carbocycles. The highest BCUT2D eigenvalue weighted by Gasteiger charge is 2.19. The quantitative estimate of drug-likeness (QED) is 0.0261. The third-order valence-corrected chi connectivity index (χ3v) is 14.4. The van der Waals surface area contributed by atoms with E-state index in [9.17, 15) is 14.4 Å². The average Bonchev–Trinajstić information content (AvgIpc) is 3.43. The molecule has 0 fully saturated rings. The van der Waals surface area contributed by atoms with Gasteiger partial charge >= 0.3 is 17.9 Å². The van der Waals surface area contributed by atoms with E-state index in [0.717, 1.165) is 116 Å². The number of esters is 3. The van der Waals surface area contributed by atoms with Gasteiger partial charge in [0.05, 0.1) is 0 Å². The molecule has 0 bridgehead atoms. The van der Waals surface area contributed by atoms with Crippen LogP contribution in [0.5, 0.6) is 0 Å². The van der Waals surface area contributed by atoms with Crippen LogP contribution in [-0.4, -0.2) is 37.2 Å². The van der Waals surface area contributed by atoms with Crippen LogP contribution in [0.15, 0.2) is 85.1 Å². The molecular formula is C71H124O6. The summed E-state index contributed by atoms with van der Waals surface area (Å²) in [5, 5.41) is 0. The molecule has 0 amide bonds. The van der Waals surface area contributed by atoms with Crippen LogP contribution in [0.25, 0.3) is 0 Å². The molecule has 0 aromatic carbocycles. The molecule has 0 saturated heterocycles. The zero-order valence-electron chi connectivity index (χ0n) is 51.0. The molecule has 0 aliphatic rings. The van der Waals surface area contributed by atoms with Crippen molar-refractivity contribution in [2.24, 2.45) is 0 Å². The number of rotatable bonds is 60. The molecule has 0 rings (SSSR count). The Kier molecular flexibility index (Phi) is 62.2. The van der Waals surface area contributed by atoms with Crippen molar-refractivity contribution in [2.75, 3.05) is 13.2 Å². The van der Waals surface area contributed by atoms with Gasteiger partial charge in [0.1, 0.15) is 13.2 Å². The van der Waals surface area contributed by atoms with Crippen molar-refractivity contribution >= 4 is 17.9 Å². The third-order valence-electron chi connectivity index (χ3n) is 14.4. The molecule has 77 heavy (non-hydrogen) atoms. The first-order valence-electron chi connectivity index (χ1n) is 33.1. The minimum Gasteiger partial charge on any atom is -0.462 e. The van der Waals surface area contributed by atoms with Gasteiger partial charge in [-0.05, 0) is 96.3 Å². The highest BCUT2D eigenvalue weighted by Crippen LogP contribution is 2.17. The SMILES string of the molecule is CC/C=C\C/C=C\C/C=C\C/C=C\C/C=C\CCCCCCCCCC(=O)OCC(COC(=O)CCCCCCC/C=C\C/C=C\CCCCCC)OC(=O)CCCCCCCCCCCCCCCCCCCCCC. The molecule has 1 unspecified atom stereocenters. The molecule has 6 nitrogen and oxygen atoms in total. The van der Waals surface area contributed by atoms with Crippen LogP contribution in [-0.2, 0) is 28.6 Å². The van der Waals surface area contributed by atoms with E-state index in [-0.39, 0.29) is 31.1 Å². The molecule has 0 aliphatic heterocycles. The van der Waals surface area contributed by atoms with Crippen LogP contribution in [0.1, 0.15) is 329 Å². The van der Waals surface area contributed by atoms with Crippen LogP contribution in [0.2, 0.25) is 0 Å². The fourth-order valence-electron chi connectivity index (χ4n) is 9.44. The maximum absolute atomic E-state index is 12.9. The topological polar surface area (TPSA) is 78.9 Å². The lowest BCUT2D eigenvalue weighted by atomic mass is 10.0. The van der Waals surface area contributed by atoms with Gasteiger partial charge in [-0.25, -0.2) is 0 Å². The highest BCUT2D eigenvalue weighted by molar-refractivity contribution is 5.71. The molecule has 0 heterocycles. The number of ether oxygens (including phenoxy) is 3. The van der Waals surface area contributed by atoms with E-state index >= 15 is 0 Å². The van der Waals surface area contributed by atoms with Crippen LogP contribution in [0, 0.1) is 0 Å². The first kappa shape index (κ1) is 73.6. The second kappa shape index (κ2) is 65.1. The standard InChI is InChI=1S/C71H124O6/c1-4-7-10-13-16-19-22-25-28-31-33-35-36-37-39-40-43-46-49-52-55-58-61-64-70(73)76-67-68(66-75-69(72)63-60-57-54-51-48-45-42-30-27-24-21-18-15-12-9-6-3)77-71(74)65-62-59-56-53-50-47-44-41-38-34-32-29-26-23-20-17-14-11-8-5-2/h7,10,16,19,21,24-25,28,30,33,35,37,39,42,68H,4-6,8-9,11-15,17-18,20,22-23,26-27,29,31-32,34,36,38,40-41,43-67H2,1-3H3/b10-7-,19-16-,24-21-,28-25-,35-33-,39-37-,42-30-. The van der Waals surface area contributed by atoms with Gasteiger partial charge in [-0.1, -0.05) is 298 Å². The van der Waals surface area contributed by atoms with Crippen molar-refractivity contribution in [1.29, 1.82) is 0 Å². The predicted molar refractivity (Wildman–Crippen MR) is 334 cm³/mol. The van der Waals surface area contributed by atoms with Crippen molar-refractivity contribution < 1.29 is 28.6 Å². The third kappa shape index (κ3) is 63.3. The summed E-state index contributed by atoms with van der Waals surface area (Å²) >= 11 is 0. The second-order valence-electron chi connectivity index (χ2n) is 22.0. The van der Waals surface area contributed by atoms with Gasteiger partial charge in [0.2, 0.25) is 0 Å². The summed E-state index contributed by atoms with van der Waals surface area (Å²) in [6.07, 6.45) is 85.9. The lowest BCUT2D eigenvalue weighted by Gasteiger charge is -2.18. The van der Waals surface area contributed by atoms with Gasteiger partial charge in [0.15, 0.2) is 6.10 Å². The lowest BCUT2D eigenvalue weighted by Crippen LogP contribution is -2.30. The number of allylic oxidation sites excluding steroid dienone is 14. The fraction of sp³-hybridized carbons (Fsp3) is 0.761. The van der Waals surface area contributed by atoms with Gasteiger partial charge in [0, 0.05) is 19.3 Å². The summed E-state index contributed by atoms with van der Waals surface area (Å²) in [6.45, 7) is 6.53. The Morgan fingerprint density at radius 3 is 0.805 bits per heavy atom. The zero-order chi connectivity index (χ0) is 55.7. The van der Waals surface area contributed by atoms with Crippen LogP contribution >= 0.6 is 0 Å². The Labute approximate surface area is 477 Å². The van der Waals surface area contributed by atoms with Crippen LogP contribution in [0.4, 0.5) is 0 Å². The Morgan fingerprint density at radius 2 is 0.506 bits per heavy atom. The molecule has 0 aromatic rings. The van der Waals surface area contributed by atoms with Gasteiger partial charge in [-0.15, -0.1) is 0 Å². The van der Waals surface area contributed by atoms with Crippen LogP contribution in [0.3, 0.4) is 0 Å². The molecule has 1 atom stereocenters. The smallest absolute Gasteiger partial charge is 0.306 e. The van der Waals surface area contributed by atoms with E-state index in [0.29, 0.717) is 19.3 Å². The summed E-state index contributed by atoms with van der Waals surface area (Å²) in [4.78, 5) is 38.4.